The Hall–Kier alpha value is -1.32. The van der Waals surface area contributed by atoms with E-state index in [9.17, 15) is 4.39 Å². The third-order valence-electron chi connectivity index (χ3n) is 2.57. The predicted octanol–water partition coefficient (Wildman–Crippen LogP) is 3.74. The van der Waals surface area contributed by atoms with Crippen molar-refractivity contribution in [3.63, 3.8) is 0 Å². The van der Waals surface area contributed by atoms with Crippen molar-refractivity contribution in [1.29, 1.82) is 0 Å². The van der Waals surface area contributed by atoms with E-state index in [0.29, 0.717) is 11.4 Å². The number of benzene rings is 2. The second kappa shape index (κ2) is 5.34. The Kier molecular flexibility index (Phi) is 3.82. The average Bonchev–Trinajstić information content (AvgIpc) is 2.34. The fourth-order valence-electron chi connectivity index (χ4n) is 1.61. The first-order chi connectivity index (χ1) is 8.22. The minimum Gasteiger partial charge on any atom is -0.326 e. The molecule has 2 rings (SSSR count). The van der Waals surface area contributed by atoms with Crippen molar-refractivity contribution in [3.05, 3.63) is 59.4 Å². The SMILES string of the molecule is Cc1ccccc1Sc1c(F)cccc1CN. The second-order valence-electron chi connectivity index (χ2n) is 3.80. The first kappa shape index (κ1) is 12.1. The molecule has 1 nitrogen and oxygen atoms in total. The summed E-state index contributed by atoms with van der Waals surface area (Å²) in [5.74, 6) is -0.207. The highest BCUT2D eigenvalue weighted by Crippen LogP contribution is 2.34. The molecule has 0 aliphatic heterocycles. The Morgan fingerprint density at radius 1 is 1.12 bits per heavy atom. The molecular formula is C14H14FNS. The molecular weight excluding hydrogens is 233 g/mol. The van der Waals surface area contributed by atoms with E-state index in [-0.39, 0.29) is 5.82 Å². The van der Waals surface area contributed by atoms with Crippen LogP contribution in [-0.2, 0) is 6.54 Å². The summed E-state index contributed by atoms with van der Waals surface area (Å²) >= 11 is 1.44. The first-order valence-electron chi connectivity index (χ1n) is 5.43. The number of aryl methyl sites for hydroxylation is 1. The molecule has 0 unspecified atom stereocenters. The van der Waals surface area contributed by atoms with Crippen LogP contribution in [0.4, 0.5) is 4.39 Å². The highest BCUT2D eigenvalue weighted by Gasteiger charge is 2.10. The van der Waals surface area contributed by atoms with E-state index in [1.165, 1.54) is 17.8 Å². The van der Waals surface area contributed by atoms with Crippen molar-refractivity contribution in [1.82, 2.24) is 0 Å². The minimum atomic E-state index is -0.207. The molecule has 0 radical (unpaired) electrons. The molecule has 17 heavy (non-hydrogen) atoms. The summed E-state index contributed by atoms with van der Waals surface area (Å²) in [6.45, 7) is 2.37. The van der Waals surface area contributed by atoms with Crippen LogP contribution in [0.1, 0.15) is 11.1 Å². The summed E-state index contributed by atoms with van der Waals surface area (Å²) in [4.78, 5) is 1.69. The number of hydrogen-bond acceptors (Lipinski definition) is 2. The Morgan fingerprint density at radius 3 is 2.59 bits per heavy atom. The maximum Gasteiger partial charge on any atom is 0.137 e. The zero-order valence-electron chi connectivity index (χ0n) is 9.61. The van der Waals surface area contributed by atoms with Gasteiger partial charge >= 0.3 is 0 Å². The van der Waals surface area contributed by atoms with Gasteiger partial charge in [-0.3, -0.25) is 0 Å². The van der Waals surface area contributed by atoms with Crippen molar-refractivity contribution in [2.24, 2.45) is 5.73 Å². The Labute approximate surface area is 105 Å². The van der Waals surface area contributed by atoms with Crippen LogP contribution >= 0.6 is 11.8 Å². The topological polar surface area (TPSA) is 26.0 Å². The van der Waals surface area contributed by atoms with E-state index in [0.717, 1.165) is 16.0 Å². The van der Waals surface area contributed by atoms with Gasteiger partial charge < -0.3 is 5.73 Å². The number of hydrogen-bond donors (Lipinski definition) is 1. The smallest absolute Gasteiger partial charge is 0.137 e. The largest absolute Gasteiger partial charge is 0.326 e. The molecule has 0 saturated heterocycles. The van der Waals surface area contributed by atoms with E-state index < -0.39 is 0 Å². The number of halogens is 1. The van der Waals surface area contributed by atoms with E-state index in [2.05, 4.69) is 0 Å². The summed E-state index contributed by atoms with van der Waals surface area (Å²) in [5.41, 5.74) is 7.62. The Morgan fingerprint density at radius 2 is 1.88 bits per heavy atom. The molecule has 0 fully saturated rings. The molecule has 0 aliphatic carbocycles. The predicted molar refractivity (Wildman–Crippen MR) is 69.6 cm³/mol. The Balaban J connectivity index is 2.39. The van der Waals surface area contributed by atoms with Gasteiger partial charge in [0.1, 0.15) is 5.82 Å². The summed E-state index contributed by atoms with van der Waals surface area (Å²) in [5, 5.41) is 0. The molecule has 2 aromatic rings. The lowest BCUT2D eigenvalue weighted by Crippen LogP contribution is -2.00. The van der Waals surface area contributed by atoms with Crippen molar-refractivity contribution in [3.8, 4) is 0 Å². The highest BCUT2D eigenvalue weighted by molar-refractivity contribution is 7.99. The lowest BCUT2D eigenvalue weighted by molar-refractivity contribution is 0.597. The number of rotatable bonds is 3. The molecule has 0 spiro atoms. The summed E-state index contributed by atoms with van der Waals surface area (Å²) in [6.07, 6.45) is 0. The molecule has 0 atom stereocenters. The third-order valence-corrected chi connectivity index (χ3v) is 3.91. The number of nitrogens with two attached hydrogens (primary N) is 1. The molecule has 0 aliphatic rings. The van der Waals surface area contributed by atoms with Gasteiger partial charge in [-0.05, 0) is 30.2 Å². The molecule has 2 aromatic carbocycles. The third kappa shape index (κ3) is 2.68. The van der Waals surface area contributed by atoms with Crippen molar-refractivity contribution >= 4 is 11.8 Å². The summed E-state index contributed by atoms with van der Waals surface area (Å²) in [7, 11) is 0. The molecule has 0 saturated carbocycles. The van der Waals surface area contributed by atoms with Crippen LogP contribution in [0.2, 0.25) is 0 Å². The molecule has 3 heteroatoms. The van der Waals surface area contributed by atoms with Gasteiger partial charge in [0.15, 0.2) is 0 Å². The molecule has 0 aromatic heterocycles. The van der Waals surface area contributed by atoms with Crippen LogP contribution in [0, 0.1) is 12.7 Å². The fraction of sp³-hybridized carbons (Fsp3) is 0.143. The van der Waals surface area contributed by atoms with Crippen LogP contribution in [-0.4, -0.2) is 0 Å². The Bertz CT molecular complexity index is 525. The van der Waals surface area contributed by atoms with Gasteiger partial charge in [0, 0.05) is 11.4 Å². The highest BCUT2D eigenvalue weighted by atomic mass is 32.2. The zero-order valence-corrected chi connectivity index (χ0v) is 10.4. The van der Waals surface area contributed by atoms with E-state index in [1.807, 2.05) is 37.3 Å². The van der Waals surface area contributed by atoms with E-state index >= 15 is 0 Å². The van der Waals surface area contributed by atoms with Crippen LogP contribution < -0.4 is 5.73 Å². The van der Waals surface area contributed by atoms with Crippen LogP contribution in [0.25, 0.3) is 0 Å². The molecule has 2 N–H and O–H groups in total. The van der Waals surface area contributed by atoms with E-state index in [1.54, 1.807) is 6.07 Å². The standard InChI is InChI=1S/C14H14FNS/c1-10-5-2-3-8-13(10)17-14-11(9-16)6-4-7-12(14)15/h2-8H,9,16H2,1H3. The fourth-order valence-corrected chi connectivity index (χ4v) is 2.65. The quantitative estimate of drug-likeness (QED) is 0.894. The maximum atomic E-state index is 13.8. The van der Waals surface area contributed by atoms with Gasteiger partial charge in [-0.2, -0.15) is 0 Å². The van der Waals surface area contributed by atoms with E-state index in [4.69, 9.17) is 5.73 Å². The zero-order chi connectivity index (χ0) is 12.3. The normalized spacial score (nSPS) is 10.5. The van der Waals surface area contributed by atoms with Gasteiger partial charge in [-0.1, -0.05) is 42.1 Å². The van der Waals surface area contributed by atoms with Crippen LogP contribution in [0.5, 0.6) is 0 Å². The van der Waals surface area contributed by atoms with Gasteiger partial charge in [0.2, 0.25) is 0 Å². The van der Waals surface area contributed by atoms with Gasteiger partial charge in [0.25, 0.3) is 0 Å². The minimum absolute atomic E-state index is 0.207. The van der Waals surface area contributed by atoms with Gasteiger partial charge in [-0.25, -0.2) is 4.39 Å². The average molecular weight is 247 g/mol. The van der Waals surface area contributed by atoms with Crippen LogP contribution in [0.3, 0.4) is 0 Å². The van der Waals surface area contributed by atoms with Crippen molar-refractivity contribution in [2.75, 3.05) is 0 Å². The molecule has 0 amide bonds. The van der Waals surface area contributed by atoms with Crippen LogP contribution in [0.15, 0.2) is 52.3 Å². The van der Waals surface area contributed by atoms with Gasteiger partial charge in [-0.15, -0.1) is 0 Å². The van der Waals surface area contributed by atoms with Crippen molar-refractivity contribution < 1.29 is 4.39 Å². The molecule has 0 heterocycles. The lowest BCUT2D eigenvalue weighted by Gasteiger charge is -2.10. The summed E-state index contributed by atoms with van der Waals surface area (Å²) in [6, 6.07) is 13.0. The second-order valence-corrected chi connectivity index (χ2v) is 4.85. The monoisotopic (exact) mass is 247 g/mol. The molecule has 0 bridgehead atoms. The van der Waals surface area contributed by atoms with Crippen molar-refractivity contribution in [2.45, 2.75) is 23.3 Å². The molecule has 88 valence electrons. The summed E-state index contributed by atoms with van der Waals surface area (Å²) < 4.78 is 13.8. The first-order valence-corrected chi connectivity index (χ1v) is 6.25. The maximum absolute atomic E-state index is 13.8. The van der Waals surface area contributed by atoms with Gasteiger partial charge in [0.05, 0.1) is 4.90 Å². The lowest BCUT2D eigenvalue weighted by atomic mass is 10.2.